The minimum absolute atomic E-state index is 0.287. The van der Waals surface area contributed by atoms with E-state index in [1.54, 1.807) is 36.4 Å². The van der Waals surface area contributed by atoms with Gasteiger partial charge in [0.05, 0.1) is 16.2 Å². The van der Waals surface area contributed by atoms with Crippen molar-refractivity contribution in [3.05, 3.63) is 76.3 Å². The van der Waals surface area contributed by atoms with Gasteiger partial charge in [-0.05, 0) is 48.7 Å². The summed E-state index contributed by atoms with van der Waals surface area (Å²) in [5.74, 6) is 1.24. The monoisotopic (exact) mass is 417 g/mol. The predicted molar refractivity (Wildman–Crippen MR) is 117 cm³/mol. The molecular weight excluding hydrogens is 398 g/mol. The number of anilines is 1. The molecule has 0 spiro atoms. The lowest BCUT2D eigenvalue weighted by Gasteiger charge is -2.08. The lowest BCUT2D eigenvalue weighted by molar-refractivity contribution is 0.102. The van der Waals surface area contributed by atoms with Crippen molar-refractivity contribution < 1.29 is 4.79 Å². The summed E-state index contributed by atoms with van der Waals surface area (Å²) in [5.41, 5.74) is 2.26. The maximum atomic E-state index is 12.5. The van der Waals surface area contributed by atoms with E-state index in [0.29, 0.717) is 27.7 Å². The summed E-state index contributed by atoms with van der Waals surface area (Å²) in [7, 11) is 0. The summed E-state index contributed by atoms with van der Waals surface area (Å²) in [5, 5.41) is 21.5. The van der Waals surface area contributed by atoms with Crippen molar-refractivity contribution in [1.82, 2.24) is 14.8 Å². The smallest absolute Gasteiger partial charge is 0.257 e. The Labute approximate surface area is 179 Å². The largest absolute Gasteiger partial charge is 0.322 e. The number of hydrogen-bond acceptors (Lipinski definition) is 4. The van der Waals surface area contributed by atoms with Gasteiger partial charge in [-0.25, -0.2) is 0 Å². The Kier molecular flexibility index (Phi) is 5.92. The zero-order chi connectivity index (χ0) is 20.9. The molecule has 150 valence electrons. The molecule has 7 heteroatoms. The average Bonchev–Trinajstić information content (AvgIpc) is 3.00. The van der Waals surface area contributed by atoms with E-state index < -0.39 is 0 Å². The van der Waals surface area contributed by atoms with Crippen molar-refractivity contribution in [2.24, 2.45) is 0 Å². The number of aryl methyl sites for hydroxylation is 1. The molecule has 0 fully saturated rings. The minimum atomic E-state index is -0.287. The minimum Gasteiger partial charge on any atom is -0.322 e. The number of halogens is 1. The van der Waals surface area contributed by atoms with Crippen molar-refractivity contribution >= 4 is 34.8 Å². The van der Waals surface area contributed by atoms with Gasteiger partial charge in [-0.2, -0.15) is 5.26 Å². The molecule has 4 rings (SSSR count). The number of aromatic nitrogens is 3. The van der Waals surface area contributed by atoms with Crippen LogP contribution in [0.15, 0.2) is 48.5 Å². The molecule has 3 aromatic rings. The number of carbonyl (C=O) groups excluding carboxylic acids is 1. The van der Waals surface area contributed by atoms with Crippen LogP contribution in [-0.2, 0) is 13.0 Å². The second-order valence-electron chi connectivity index (χ2n) is 7.13. The van der Waals surface area contributed by atoms with E-state index in [2.05, 4.69) is 21.6 Å². The summed E-state index contributed by atoms with van der Waals surface area (Å²) in [6, 6.07) is 16.4. The summed E-state index contributed by atoms with van der Waals surface area (Å²) in [4.78, 5) is 12.5. The Bertz CT molecular complexity index is 1160. The van der Waals surface area contributed by atoms with Crippen LogP contribution in [0.25, 0.3) is 11.6 Å². The van der Waals surface area contributed by atoms with Crippen LogP contribution in [0.3, 0.4) is 0 Å². The van der Waals surface area contributed by atoms with Gasteiger partial charge in [0.2, 0.25) is 0 Å². The highest BCUT2D eigenvalue weighted by molar-refractivity contribution is 6.34. The quantitative estimate of drug-likeness (QED) is 0.607. The Morgan fingerprint density at radius 3 is 2.83 bits per heavy atom. The molecule has 1 aliphatic heterocycles. The molecular formula is C23H20ClN5O. The van der Waals surface area contributed by atoms with Gasteiger partial charge < -0.3 is 9.88 Å². The van der Waals surface area contributed by atoms with Crippen LogP contribution in [-0.4, -0.2) is 20.7 Å². The highest BCUT2D eigenvalue weighted by Crippen LogP contribution is 2.23. The van der Waals surface area contributed by atoms with E-state index in [1.807, 2.05) is 22.8 Å². The Balaban J connectivity index is 1.60. The van der Waals surface area contributed by atoms with E-state index in [-0.39, 0.29) is 5.91 Å². The van der Waals surface area contributed by atoms with E-state index in [1.165, 1.54) is 0 Å². The summed E-state index contributed by atoms with van der Waals surface area (Å²) >= 11 is 6.11. The zero-order valence-electron chi connectivity index (χ0n) is 16.3. The topological polar surface area (TPSA) is 83.6 Å². The number of amides is 1. The molecule has 0 saturated heterocycles. The standard InChI is InChI=1S/C23H20ClN5O/c24-20-10-4-3-9-19(20)23(30)26-18-8-6-7-16(14-18)13-17(15-25)22-28-27-21-11-2-1-5-12-29(21)22/h3-4,6-10,13-14H,1-2,5,11-12H2,(H,26,30)/b17-13+. The number of carbonyl (C=O) groups is 1. The van der Waals surface area contributed by atoms with Gasteiger partial charge in [-0.1, -0.05) is 42.3 Å². The van der Waals surface area contributed by atoms with Crippen LogP contribution in [0.1, 0.15) is 46.8 Å². The second kappa shape index (κ2) is 8.93. The molecule has 0 saturated carbocycles. The fourth-order valence-electron chi connectivity index (χ4n) is 3.55. The number of nitrogens with one attached hydrogen (secondary N) is 1. The van der Waals surface area contributed by atoms with Crippen LogP contribution in [0.4, 0.5) is 5.69 Å². The molecule has 1 amide bonds. The van der Waals surface area contributed by atoms with E-state index in [9.17, 15) is 10.1 Å². The Morgan fingerprint density at radius 2 is 2.00 bits per heavy atom. The number of nitriles is 1. The van der Waals surface area contributed by atoms with Gasteiger partial charge in [0.1, 0.15) is 11.9 Å². The van der Waals surface area contributed by atoms with E-state index in [4.69, 9.17) is 11.6 Å². The van der Waals surface area contributed by atoms with Crippen molar-refractivity contribution in [2.45, 2.75) is 32.2 Å². The summed E-state index contributed by atoms with van der Waals surface area (Å²) < 4.78 is 2.05. The van der Waals surface area contributed by atoms with Gasteiger partial charge in [0.15, 0.2) is 5.82 Å². The fourth-order valence-corrected chi connectivity index (χ4v) is 3.77. The maximum Gasteiger partial charge on any atom is 0.257 e. The van der Waals surface area contributed by atoms with Crippen LogP contribution in [0.5, 0.6) is 0 Å². The van der Waals surface area contributed by atoms with Crippen molar-refractivity contribution in [3.63, 3.8) is 0 Å². The number of fused-ring (bicyclic) bond motifs is 1. The van der Waals surface area contributed by atoms with Crippen LogP contribution < -0.4 is 5.32 Å². The molecule has 1 aromatic heterocycles. The first-order valence-corrected chi connectivity index (χ1v) is 10.2. The third kappa shape index (κ3) is 4.27. The van der Waals surface area contributed by atoms with Crippen LogP contribution in [0, 0.1) is 11.3 Å². The third-order valence-corrected chi connectivity index (χ3v) is 5.37. The van der Waals surface area contributed by atoms with Crippen molar-refractivity contribution in [3.8, 4) is 6.07 Å². The van der Waals surface area contributed by atoms with E-state index in [0.717, 1.165) is 43.6 Å². The summed E-state index contributed by atoms with van der Waals surface area (Å²) in [6.45, 7) is 0.824. The van der Waals surface area contributed by atoms with Gasteiger partial charge in [-0.3, -0.25) is 4.79 Å². The van der Waals surface area contributed by atoms with Gasteiger partial charge in [0, 0.05) is 18.7 Å². The molecule has 0 atom stereocenters. The Hall–Kier alpha value is -3.43. The number of nitrogens with zero attached hydrogens (tertiary/aromatic N) is 4. The second-order valence-corrected chi connectivity index (χ2v) is 7.54. The molecule has 0 bridgehead atoms. The van der Waals surface area contributed by atoms with Crippen LogP contribution in [0.2, 0.25) is 5.02 Å². The highest BCUT2D eigenvalue weighted by atomic mass is 35.5. The lowest BCUT2D eigenvalue weighted by atomic mass is 10.1. The summed E-state index contributed by atoms with van der Waals surface area (Å²) in [6.07, 6.45) is 5.96. The molecule has 30 heavy (non-hydrogen) atoms. The van der Waals surface area contributed by atoms with Gasteiger partial charge in [0.25, 0.3) is 5.91 Å². The van der Waals surface area contributed by atoms with Crippen molar-refractivity contribution in [2.75, 3.05) is 5.32 Å². The third-order valence-electron chi connectivity index (χ3n) is 5.04. The fraction of sp³-hybridized carbons (Fsp3) is 0.217. The van der Waals surface area contributed by atoms with Crippen LogP contribution >= 0.6 is 11.6 Å². The molecule has 1 N–H and O–H groups in total. The number of benzene rings is 2. The first kappa shape index (κ1) is 19.9. The SMILES string of the molecule is N#C/C(=C\c1cccc(NC(=O)c2ccccc2Cl)c1)c1nnc2n1CCCCC2. The lowest BCUT2D eigenvalue weighted by Crippen LogP contribution is -2.12. The number of hydrogen-bond donors (Lipinski definition) is 1. The zero-order valence-corrected chi connectivity index (χ0v) is 17.1. The normalized spacial score (nSPS) is 13.8. The highest BCUT2D eigenvalue weighted by Gasteiger charge is 2.17. The molecule has 2 heterocycles. The first-order valence-electron chi connectivity index (χ1n) is 9.86. The average molecular weight is 418 g/mol. The predicted octanol–water partition coefficient (Wildman–Crippen LogP) is 4.97. The number of rotatable bonds is 4. The van der Waals surface area contributed by atoms with E-state index >= 15 is 0 Å². The Morgan fingerprint density at radius 1 is 1.13 bits per heavy atom. The number of allylic oxidation sites excluding steroid dienone is 1. The molecule has 1 aliphatic rings. The first-order chi connectivity index (χ1) is 14.7. The molecule has 0 radical (unpaired) electrons. The molecule has 0 aliphatic carbocycles. The van der Waals surface area contributed by atoms with Crippen molar-refractivity contribution in [1.29, 1.82) is 5.26 Å². The van der Waals surface area contributed by atoms with Gasteiger partial charge >= 0.3 is 0 Å². The molecule has 0 unspecified atom stereocenters. The molecule has 6 nitrogen and oxygen atoms in total. The maximum absolute atomic E-state index is 12.5. The van der Waals surface area contributed by atoms with Gasteiger partial charge in [-0.15, -0.1) is 10.2 Å². The molecule has 2 aromatic carbocycles.